The van der Waals surface area contributed by atoms with Crippen molar-refractivity contribution in [3.05, 3.63) is 0 Å². The molecular weight excluding hydrogens is 1220 g/mol. The molecule has 19 heteroatoms. The normalized spacial score (nSPS) is 13.9. The number of rotatable bonds is 75. The van der Waals surface area contributed by atoms with E-state index in [0.717, 1.165) is 96.3 Å². The highest BCUT2D eigenvalue weighted by molar-refractivity contribution is 7.47. The first-order valence-electron chi connectivity index (χ1n) is 38.8. The molecule has 0 aromatic heterocycles. The van der Waals surface area contributed by atoms with Crippen LogP contribution in [0.15, 0.2) is 0 Å². The molecular formula is C74H144O17P2. The molecule has 0 aliphatic carbocycles. The Balaban J connectivity index is 5.09. The Hall–Kier alpha value is -1.94. The average Bonchev–Trinajstić information content (AvgIpc) is 2.54. The summed E-state index contributed by atoms with van der Waals surface area (Å²) < 4.78 is 68.2. The van der Waals surface area contributed by atoms with Crippen LogP contribution in [0.5, 0.6) is 0 Å². The van der Waals surface area contributed by atoms with Crippen LogP contribution in [-0.2, 0) is 65.4 Å². The van der Waals surface area contributed by atoms with E-state index < -0.39 is 97.5 Å². The van der Waals surface area contributed by atoms with E-state index in [0.29, 0.717) is 25.7 Å². The van der Waals surface area contributed by atoms with E-state index in [2.05, 4.69) is 27.7 Å². The van der Waals surface area contributed by atoms with Crippen LogP contribution in [0.2, 0.25) is 0 Å². The second kappa shape index (κ2) is 68.6. The van der Waals surface area contributed by atoms with Crippen LogP contribution in [0.4, 0.5) is 0 Å². The van der Waals surface area contributed by atoms with Gasteiger partial charge in [0.1, 0.15) is 19.3 Å². The summed E-state index contributed by atoms with van der Waals surface area (Å²) >= 11 is 0. The molecule has 2 unspecified atom stereocenters. The SMILES string of the molecule is CCCCCCCCCCCCCCCCCCCCCCCCC(=O)O[C@H](COC(=O)CCCCCCCCCCCCCCCCCC)COP(=O)(O)OC[C@@H](O)COP(=O)(O)OC[C@@H](COC(=O)CCCCCCC)OC(=O)CCCCCCCCCCCC. The van der Waals surface area contributed by atoms with E-state index in [1.807, 2.05) is 0 Å². The number of esters is 4. The smallest absolute Gasteiger partial charge is 0.462 e. The van der Waals surface area contributed by atoms with Gasteiger partial charge in [0.15, 0.2) is 12.2 Å². The summed E-state index contributed by atoms with van der Waals surface area (Å²) in [6.45, 7) is 4.87. The zero-order chi connectivity index (χ0) is 68.2. The fraction of sp³-hybridized carbons (Fsp3) is 0.946. The van der Waals surface area contributed by atoms with Crippen molar-refractivity contribution >= 4 is 39.5 Å². The maximum Gasteiger partial charge on any atom is 0.472 e. The molecule has 0 saturated heterocycles. The summed E-state index contributed by atoms with van der Waals surface area (Å²) in [5.74, 6) is -2.13. The van der Waals surface area contributed by atoms with E-state index in [4.69, 9.17) is 37.0 Å². The van der Waals surface area contributed by atoms with Gasteiger partial charge in [0, 0.05) is 25.7 Å². The molecule has 5 atom stereocenters. The van der Waals surface area contributed by atoms with Gasteiger partial charge in [-0.05, 0) is 25.7 Å². The van der Waals surface area contributed by atoms with Gasteiger partial charge < -0.3 is 33.8 Å². The molecule has 0 aliphatic rings. The molecule has 0 saturated carbocycles. The minimum atomic E-state index is -4.95. The quantitative estimate of drug-likeness (QED) is 0.0222. The third kappa shape index (κ3) is 68.4. The number of ether oxygens (including phenoxy) is 4. The summed E-state index contributed by atoms with van der Waals surface area (Å²) in [4.78, 5) is 72.3. The van der Waals surface area contributed by atoms with Crippen LogP contribution in [-0.4, -0.2) is 96.7 Å². The van der Waals surface area contributed by atoms with Gasteiger partial charge in [-0.1, -0.05) is 342 Å². The lowest BCUT2D eigenvalue weighted by molar-refractivity contribution is -0.161. The van der Waals surface area contributed by atoms with Crippen molar-refractivity contribution in [2.75, 3.05) is 39.6 Å². The molecule has 0 aliphatic heterocycles. The summed E-state index contributed by atoms with van der Waals surface area (Å²) in [6.07, 6.45) is 58.9. The van der Waals surface area contributed by atoms with Crippen molar-refractivity contribution in [1.82, 2.24) is 0 Å². The lowest BCUT2D eigenvalue weighted by atomic mass is 10.0. The van der Waals surface area contributed by atoms with Crippen LogP contribution < -0.4 is 0 Å². The summed E-state index contributed by atoms with van der Waals surface area (Å²) in [6, 6.07) is 0. The first kappa shape index (κ1) is 91.1. The zero-order valence-corrected chi connectivity index (χ0v) is 62.0. The van der Waals surface area contributed by atoms with Crippen LogP contribution in [0.25, 0.3) is 0 Å². The van der Waals surface area contributed by atoms with Gasteiger partial charge >= 0.3 is 39.5 Å². The van der Waals surface area contributed by atoms with Crippen molar-refractivity contribution in [3.8, 4) is 0 Å². The molecule has 93 heavy (non-hydrogen) atoms. The van der Waals surface area contributed by atoms with Gasteiger partial charge in [0.25, 0.3) is 0 Å². The predicted molar refractivity (Wildman–Crippen MR) is 377 cm³/mol. The fourth-order valence-electron chi connectivity index (χ4n) is 11.4. The molecule has 0 amide bonds. The number of phosphoric acid groups is 2. The van der Waals surface area contributed by atoms with Crippen molar-refractivity contribution < 1.29 is 80.2 Å². The Bertz CT molecular complexity index is 1770. The third-order valence-electron chi connectivity index (χ3n) is 17.4. The molecule has 0 radical (unpaired) electrons. The van der Waals surface area contributed by atoms with Gasteiger partial charge in [-0.15, -0.1) is 0 Å². The van der Waals surface area contributed by atoms with Crippen molar-refractivity contribution in [3.63, 3.8) is 0 Å². The maximum atomic E-state index is 13.1. The number of aliphatic hydroxyl groups excluding tert-OH is 1. The number of phosphoric ester groups is 2. The Kier molecular flexibility index (Phi) is 67.1. The number of aliphatic hydroxyl groups is 1. The number of hydrogen-bond donors (Lipinski definition) is 3. The number of carbonyl (C=O) groups is 4. The van der Waals surface area contributed by atoms with Gasteiger partial charge in [-0.3, -0.25) is 37.3 Å². The molecule has 0 spiro atoms. The largest absolute Gasteiger partial charge is 0.472 e. The molecule has 17 nitrogen and oxygen atoms in total. The standard InChI is InChI=1S/C74H144O17P2/c1-5-9-13-17-20-23-26-28-30-32-33-34-35-36-37-39-41-43-46-49-53-57-61-74(79)91-70(65-85-72(77)59-55-51-47-45-42-40-38-31-29-27-24-21-18-14-10-6-2)67-89-93(82,83)87-63-68(75)62-86-92(80,81)88-66-69(64-84-71(76)58-54-50-16-12-8-4)90-73(78)60-56-52-48-44-25-22-19-15-11-7-3/h68-70,75H,5-67H2,1-4H3,(H,80,81)(H,82,83)/t68-,69+,70+/m0/s1. The number of hydrogen-bond acceptors (Lipinski definition) is 15. The third-order valence-corrected chi connectivity index (χ3v) is 19.3. The van der Waals surface area contributed by atoms with Crippen LogP contribution in [0.3, 0.4) is 0 Å². The average molecular weight is 1370 g/mol. The molecule has 0 rings (SSSR count). The predicted octanol–water partition coefficient (Wildman–Crippen LogP) is 21.8. The Morgan fingerprint density at radius 3 is 0.634 bits per heavy atom. The van der Waals surface area contributed by atoms with Gasteiger partial charge in [0.05, 0.1) is 26.4 Å². The highest BCUT2D eigenvalue weighted by atomic mass is 31.2. The second-order valence-electron chi connectivity index (χ2n) is 26.7. The fourth-order valence-corrected chi connectivity index (χ4v) is 13.0. The summed E-state index contributed by atoms with van der Waals surface area (Å²) in [5, 5.41) is 10.6. The Labute approximate surface area is 568 Å². The summed E-state index contributed by atoms with van der Waals surface area (Å²) in [5.41, 5.74) is 0. The van der Waals surface area contributed by atoms with Gasteiger partial charge in [0.2, 0.25) is 0 Å². The van der Waals surface area contributed by atoms with Gasteiger partial charge in [-0.25, -0.2) is 9.13 Å². The molecule has 3 N–H and O–H groups in total. The van der Waals surface area contributed by atoms with Gasteiger partial charge in [-0.2, -0.15) is 0 Å². The topological polar surface area (TPSA) is 237 Å². The summed E-state index contributed by atoms with van der Waals surface area (Å²) in [7, 11) is -9.89. The van der Waals surface area contributed by atoms with E-state index >= 15 is 0 Å². The number of unbranched alkanes of at least 4 members (excludes halogenated alkanes) is 49. The monoisotopic (exact) mass is 1370 g/mol. The lowest BCUT2D eigenvalue weighted by Crippen LogP contribution is -2.30. The second-order valence-corrected chi connectivity index (χ2v) is 29.6. The van der Waals surface area contributed by atoms with Crippen LogP contribution in [0.1, 0.15) is 394 Å². The molecule has 0 bridgehead atoms. The minimum absolute atomic E-state index is 0.106. The van der Waals surface area contributed by atoms with E-state index in [1.54, 1.807) is 0 Å². The first-order valence-corrected chi connectivity index (χ1v) is 41.8. The molecule has 0 fully saturated rings. The zero-order valence-electron chi connectivity index (χ0n) is 60.2. The van der Waals surface area contributed by atoms with E-state index in [9.17, 15) is 43.2 Å². The van der Waals surface area contributed by atoms with Crippen LogP contribution in [0, 0.1) is 0 Å². The van der Waals surface area contributed by atoms with Crippen molar-refractivity contribution in [1.29, 1.82) is 0 Å². The minimum Gasteiger partial charge on any atom is -0.462 e. The van der Waals surface area contributed by atoms with E-state index in [1.165, 1.54) is 218 Å². The highest BCUT2D eigenvalue weighted by Gasteiger charge is 2.30. The molecule has 0 aromatic carbocycles. The van der Waals surface area contributed by atoms with Crippen molar-refractivity contribution in [2.45, 2.75) is 412 Å². The molecule has 552 valence electrons. The Morgan fingerprint density at radius 2 is 0.430 bits per heavy atom. The lowest BCUT2D eigenvalue weighted by Gasteiger charge is -2.21. The first-order chi connectivity index (χ1) is 45.2. The van der Waals surface area contributed by atoms with Crippen LogP contribution >= 0.6 is 15.6 Å². The highest BCUT2D eigenvalue weighted by Crippen LogP contribution is 2.45. The number of carbonyl (C=O) groups excluding carboxylic acids is 4. The van der Waals surface area contributed by atoms with E-state index in [-0.39, 0.29) is 25.7 Å². The molecule has 0 heterocycles. The Morgan fingerprint density at radius 1 is 0.258 bits per heavy atom. The van der Waals surface area contributed by atoms with Crippen molar-refractivity contribution in [2.24, 2.45) is 0 Å². The molecule has 0 aromatic rings. The maximum absolute atomic E-state index is 13.1.